The first-order valence-electron chi connectivity index (χ1n) is 7.11. The maximum atomic E-state index is 2.57. The molecular formula is C16H24N2. The number of anilines is 1. The van der Waals surface area contributed by atoms with Crippen LogP contribution in [0.3, 0.4) is 0 Å². The van der Waals surface area contributed by atoms with Crippen molar-refractivity contribution < 1.29 is 0 Å². The third-order valence-electron chi connectivity index (χ3n) is 4.57. The largest absolute Gasteiger partial charge is 0.371 e. The van der Waals surface area contributed by atoms with Crippen LogP contribution in [0.15, 0.2) is 24.3 Å². The van der Waals surface area contributed by atoms with Crippen molar-refractivity contribution in [2.45, 2.75) is 26.2 Å². The summed E-state index contributed by atoms with van der Waals surface area (Å²) in [5, 5.41) is 0. The van der Waals surface area contributed by atoms with E-state index >= 15 is 0 Å². The van der Waals surface area contributed by atoms with E-state index in [-0.39, 0.29) is 0 Å². The first kappa shape index (κ1) is 12.0. The fourth-order valence-corrected chi connectivity index (χ4v) is 3.58. The monoisotopic (exact) mass is 244 g/mol. The lowest BCUT2D eigenvalue weighted by atomic mass is 9.79. The van der Waals surface area contributed by atoms with E-state index in [1.54, 1.807) is 0 Å². The lowest BCUT2D eigenvalue weighted by Crippen LogP contribution is -2.55. The van der Waals surface area contributed by atoms with E-state index < -0.39 is 0 Å². The second-order valence-corrected chi connectivity index (χ2v) is 6.59. The summed E-state index contributed by atoms with van der Waals surface area (Å²) in [5.74, 6) is 0.629. The third kappa shape index (κ3) is 2.03. The molecule has 98 valence electrons. The Morgan fingerprint density at radius 2 is 1.72 bits per heavy atom. The molecule has 2 aliphatic rings. The summed E-state index contributed by atoms with van der Waals surface area (Å²) in [6, 6.07) is 9.18. The molecule has 3 rings (SSSR count). The molecule has 2 heteroatoms. The number of hydrogen-bond acceptors (Lipinski definition) is 2. The van der Waals surface area contributed by atoms with Crippen LogP contribution in [0.25, 0.3) is 0 Å². The average Bonchev–Trinajstić information content (AvgIpc) is 2.74. The Bertz CT molecular complexity index is 415. The van der Waals surface area contributed by atoms with Crippen LogP contribution in [0.1, 0.15) is 31.7 Å². The normalized spacial score (nSPS) is 22.8. The molecule has 0 bridgehead atoms. The summed E-state index contributed by atoms with van der Waals surface area (Å²) in [4.78, 5) is 5.00. The smallest absolute Gasteiger partial charge is 0.0366 e. The van der Waals surface area contributed by atoms with Crippen molar-refractivity contribution in [3.8, 4) is 0 Å². The van der Waals surface area contributed by atoms with Crippen molar-refractivity contribution in [2.24, 2.45) is 5.41 Å². The predicted molar refractivity (Wildman–Crippen MR) is 77.3 cm³/mol. The molecule has 2 saturated heterocycles. The van der Waals surface area contributed by atoms with Crippen LogP contribution in [0.4, 0.5) is 5.69 Å². The van der Waals surface area contributed by atoms with Gasteiger partial charge in [0.25, 0.3) is 0 Å². The van der Waals surface area contributed by atoms with Crippen molar-refractivity contribution in [2.75, 3.05) is 38.1 Å². The van der Waals surface area contributed by atoms with Crippen LogP contribution in [-0.4, -0.2) is 38.1 Å². The van der Waals surface area contributed by atoms with Gasteiger partial charge in [-0.3, -0.25) is 0 Å². The maximum absolute atomic E-state index is 2.57. The van der Waals surface area contributed by atoms with Crippen LogP contribution >= 0.6 is 0 Å². The highest BCUT2D eigenvalue weighted by Crippen LogP contribution is 2.40. The van der Waals surface area contributed by atoms with Gasteiger partial charge in [0, 0.05) is 37.3 Å². The molecule has 1 aromatic rings. The highest BCUT2D eigenvalue weighted by Gasteiger charge is 2.45. The van der Waals surface area contributed by atoms with Crippen LogP contribution in [0.2, 0.25) is 0 Å². The lowest BCUT2D eigenvalue weighted by Gasteiger charge is -2.46. The molecule has 2 nitrogen and oxygen atoms in total. The molecule has 0 atom stereocenters. The van der Waals surface area contributed by atoms with Crippen molar-refractivity contribution in [1.29, 1.82) is 0 Å². The van der Waals surface area contributed by atoms with Crippen molar-refractivity contribution in [1.82, 2.24) is 4.90 Å². The Morgan fingerprint density at radius 3 is 2.28 bits per heavy atom. The number of hydrogen-bond donors (Lipinski definition) is 0. The summed E-state index contributed by atoms with van der Waals surface area (Å²) >= 11 is 0. The molecular weight excluding hydrogens is 220 g/mol. The van der Waals surface area contributed by atoms with Gasteiger partial charge in [-0.25, -0.2) is 0 Å². The molecule has 0 unspecified atom stereocenters. The standard InChI is InChI=1S/C16H24N2/c1-13(2)14-4-6-15(7-5-14)18-9-8-16(12-18)10-17(3)11-16/h4-7,13H,8-12H2,1-3H3. The van der Waals surface area contributed by atoms with E-state index in [4.69, 9.17) is 0 Å². The highest BCUT2D eigenvalue weighted by atomic mass is 15.3. The molecule has 0 aliphatic carbocycles. The minimum absolute atomic E-state index is 0.603. The first-order valence-corrected chi connectivity index (χ1v) is 7.11. The van der Waals surface area contributed by atoms with Gasteiger partial charge in [-0.2, -0.15) is 0 Å². The molecule has 2 heterocycles. The lowest BCUT2D eigenvalue weighted by molar-refractivity contribution is 0.0424. The first-order chi connectivity index (χ1) is 8.58. The molecule has 0 N–H and O–H groups in total. The van der Waals surface area contributed by atoms with Gasteiger partial charge in [-0.05, 0) is 37.1 Å². The minimum Gasteiger partial charge on any atom is -0.371 e. The second-order valence-electron chi connectivity index (χ2n) is 6.59. The van der Waals surface area contributed by atoms with Crippen molar-refractivity contribution in [3.63, 3.8) is 0 Å². The molecule has 0 saturated carbocycles. The number of rotatable bonds is 2. The summed E-state index contributed by atoms with van der Waals surface area (Å²) in [7, 11) is 2.23. The highest BCUT2D eigenvalue weighted by molar-refractivity contribution is 5.49. The molecule has 0 radical (unpaired) electrons. The Hall–Kier alpha value is -1.02. The van der Waals surface area contributed by atoms with E-state index in [9.17, 15) is 0 Å². The zero-order valence-corrected chi connectivity index (χ0v) is 11.8. The molecule has 0 amide bonds. The number of benzene rings is 1. The van der Waals surface area contributed by atoms with Gasteiger partial charge >= 0.3 is 0 Å². The topological polar surface area (TPSA) is 6.48 Å². The summed E-state index contributed by atoms with van der Waals surface area (Å²) in [6.45, 7) is 9.56. The van der Waals surface area contributed by atoms with Crippen molar-refractivity contribution >= 4 is 5.69 Å². The van der Waals surface area contributed by atoms with Gasteiger partial charge in [-0.15, -0.1) is 0 Å². The van der Waals surface area contributed by atoms with Crippen LogP contribution < -0.4 is 4.90 Å². The Morgan fingerprint density at radius 1 is 1.06 bits per heavy atom. The minimum atomic E-state index is 0.603. The number of nitrogens with zero attached hydrogens (tertiary/aromatic N) is 2. The van der Waals surface area contributed by atoms with E-state index in [1.165, 1.54) is 43.9 Å². The summed E-state index contributed by atoms with van der Waals surface area (Å²) in [6.07, 6.45) is 1.36. The predicted octanol–water partition coefficient (Wildman–Crippen LogP) is 2.95. The summed E-state index contributed by atoms with van der Waals surface area (Å²) in [5.41, 5.74) is 3.45. The van der Waals surface area contributed by atoms with Gasteiger partial charge in [0.05, 0.1) is 0 Å². The van der Waals surface area contributed by atoms with E-state index in [0.717, 1.165) is 0 Å². The Kier molecular flexibility index (Phi) is 2.86. The molecule has 1 aromatic carbocycles. The Balaban J connectivity index is 1.69. The van der Waals surface area contributed by atoms with Gasteiger partial charge < -0.3 is 9.80 Å². The van der Waals surface area contributed by atoms with Crippen LogP contribution in [-0.2, 0) is 0 Å². The third-order valence-corrected chi connectivity index (χ3v) is 4.57. The van der Waals surface area contributed by atoms with Gasteiger partial charge in [0.2, 0.25) is 0 Å². The fraction of sp³-hybridized carbons (Fsp3) is 0.625. The fourth-order valence-electron chi connectivity index (χ4n) is 3.58. The molecule has 2 fully saturated rings. The zero-order chi connectivity index (χ0) is 12.8. The van der Waals surface area contributed by atoms with E-state index in [2.05, 4.69) is 55.0 Å². The second kappa shape index (κ2) is 4.27. The molecule has 1 spiro atoms. The van der Waals surface area contributed by atoms with E-state index in [1.807, 2.05) is 0 Å². The average molecular weight is 244 g/mol. The van der Waals surface area contributed by atoms with Crippen LogP contribution in [0, 0.1) is 5.41 Å². The van der Waals surface area contributed by atoms with Gasteiger partial charge in [-0.1, -0.05) is 26.0 Å². The van der Waals surface area contributed by atoms with Gasteiger partial charge in [0.15, 0.2) is 0 Å². The SMILES string of the molecule is CC(C)c1ccc(N2CCC3(CN(C)C3)C2)cc1. The van der Waals surface area contributed by atoms with Crippen LogP contribution in [0.5, 0.6) is 0 Å². The molecule has 18 heavy (non-hydrogen) atoms. The zero-order valence-electron chi connectivity index (χ0n) is 11.8. The van der Waals surface area contributed by atoms with E-state index in [0.29, 0.717) is 11.3 Å². The number of likely N-dealkylation sites (tertiary alicyclic amines) is 1. The molecule has 0 aromatic heterocycles. The molecule has 2 aliphatic heterocycles. The van der Waals surface area contributed by atoms with Crippen molar-refractivity contribution in [3.05, 3.63) is 29.8 Å². The maximum Gasteiger partial charge on any atom is 0.0366 e. The Labute approximate surface area is 111 Å². The van der Waals surface area contributed by atoms with Gasteiger partial charge in [0.1, 0.15) is 0 Å². The summed E-state index contributed by atoms with van der Waals surface area (Å²) < 4.78 is 0. The quantitative estimate of drug-likeness (QED) is 0.789.